The average molecular weight is 102 g/mol. The van der Waals surface area contributed by atoms with Crippen LogP contribution in [0.3, 0.4) is 0 Å². The van der Waals surface area contributed by atoms with Gasteiger partial charge in [-0.1, -0.05) is 0 Å². The van der Waals surface area contributed by atoms with E-state index in [2.05, 4.69) is 0 Å². The molecule has 0 aromatic carbocycles. The van der Waals surface area contributed by atoms with E-state index in [0.717, 1.165) is 0 Å². The lowest BCUT2D eigenvalue weighted by molar-refractivity contribution is 0.368. The minimum atomic E-state index is -6.00. The highest BCUT2D eigenvalue weighted by molar-refractivity contribution is 6.50. The molecule has 0 aliphatic heterocycles. The second-order valence-corrected chi connectivity index (χ2v) is 0.495. The van der Waals surface area contributed by atoms with Gasteiger partial charge in [0.1, 0.15) is 0 Å². The number of hydrogen-bond acceptors (Lipinski definition) is 0. The first-order valence-corrected chi connectivity index (χ1v) is 0.873. The second kappa shape index (κ2) is 1.94. The molecular formula is CH3BF4. The van der Waals surface area contributed by atoms with Crippen molar-refractivity contribution in [3.05, 3.63) is 7.43 Å². The Morgan fingerprint density at radius 1 is 0.833 bits per heavy atom. The summed E-state index contributed by atoms with van der Waals surface area (Å²) in [4.78, 5) is 0. The van der Waals surface area contributed by atoms with Crippen molar-refractivity contribution in [3.8, 4) is 0 Å². The van der Waals surface area contributed by atoms with E-state index in [1.54, 1.807) is 0 Å². The van der Waals surface area contributed by atoms with Crippen LogP contribution in [0.4, 0.5) is 17.3 Å². The van der Waals surface area contributed by atoms with Crippen LogP contribution in [-0.4, -0.2) is 7.25 Å². The molecule has 0 radical (unpaired) electrons. The first-order chi connectivity index (χ1) is 2.00. The molecule has 0 heterocycles. The molecule has 38 valence electrons. The normalized spacial score (nSPS) is 10.0. The van der Waals surface area contributed by atoms with Gasteiger partial charge in [0.15, 0.2) is 0 Å². The van der Waals surface area contributed by atoms with Gasteiger partial charge in [-0.3, -0.25) is 0 Å². The molecule has 0 aliphatic carbocycles. The molecule has 0 nitrogen and oxygen atoms in total. The van der Waals surface area contributed by atoms with Gasteiger partial charge >= 0.3 is 7.25 Å². The standard InChI is InChI=1S/CH3.BF4/c;2-1(3,4)5/h1H3;/q+1;-1. The van der Waals surface area contributed by atoms with E-state index in [1.165, 1.54) is 0 Å². The van der Waals surface area contributed by atoms with Gasteiger partial charge in [0.25, 0.3) is 0 Å². The van der Waals surface area contributed by atoms with Crippen molar-refractivity contribution in [2.24, 2.45) is 0 Å². The molecule has 0 aliphatic rings. The van der Waals surface area contributed by atoms with E-state index in [4.69, 9.17) is 0 Å². The Labute approximate surface area is 33.3 Å². The number of halogens is 4. The summed E-state index contributed by atoms with van der Waals surface area (Å²) in [6, 6.07) is 0. The lowest BCUT2D eigenvalue weighted by Crippen LogP contribution is -2.02. The fourth-order valence-corrected chi connectivity index (χ4v) is 0. The molecule has 0 atom stereocenters. The van der Waals surface area contributed by atoms with E-state index >= 15 is 0 Å². The Balaban J connectivity index is 0. The van der Waals surface area contributed by atoms with Gasteiger partial charge in [-0.15, -0.1) is 0 Å². The van der Waals surface area contributed by atoms with Gasteiger partial charge in [-0.2, -0.15) is 0 Å². The van der Waals surface area contributed by atoms with Crippen LogP contribution >= 0.6 is 0 Å². The third-order valence-corrected chi connectivity index (χ3v) is 0. The van der Waals surface area contributed by atoms with Gasteiger partial charge in [0.2, 0.25) is 0 Å². The highest BCUT2D eigenvalue weighted by atomic mass is 19.5. The predicted octanol–water partition coefficient (Wildman–Crippen LogP) is 1.75. The quantitative estimate of drug-likeness (QED) is 0.248. The molecule has 0 bridgehead atoms. The van der Waals surface area contributed by atoms with E-state index in [9.17, 15) is 17.3 Å². The maximum Gasteiger partial charge on any atom is 0.673 e. The topological polar surface area (TPSA) is 0 Å². The molecule has 0 rings (SSSR count). The Morgan fingerprint density at radius 3 is 0.833 bits per heavy atom. The minimum absolute atomic E-state index is 0. The Hall–Kier alpha value is -0.345. The number of rotatable bonds is 0. The molecule has 0 saturated heterocycles. The summed E-state index contributed by atoms with van der Waals surface area (Å²) < 4.78 is 39.0. The molecule has 0 aromatic heterocycles. The third-order valence-electron chi connectivity index (χ3n) is 0. The lowest BCUT2D eigenvalue weighted by atomic mass is 10.3. The van der Waals surface area contributed by atoms with Crippen LogP contribution in [0.25, 0.3) is 0 Å². The van der Waals surface area contributed by atoms with E-state index < -0.39 is 7.25 Å². The summed E-state index contributed by atoms with van der Waals surface area (Å²) in [6.07, 6.45) is 0. The zero-order valence-electron chi connectivity index (χ0n) is 3.09. The SMILES string of the molecule is F[B-](F)(F)F.[CH3+]. The van der Waals surface area contributed by atoms with Crippen LogP contribution < -0.4 is 0 Å². The van der Waals surface area contributed by atoms with Crippen molar-refractivity contribution < 1.29 is 17.3 Å². The van der Waals surface area contributed by atoms with Crippen molar-refractivity contribution in [2.45, 2.75) is 0 Å². The van der Waals surface area contributed by atoms with Gasteiger partial charge < -0.3 is 17.3 Å². The Kier molecular flexibility index (Phi) is 2.97. The van der Waals surface area contributed by atoms with Crippen molar-refractivity contribution in [2.75, 3.05) is 0 Å². The van der Waals surface area contributed by atoms with E-state index in [1.807, 2.05) is 0 Å². The second-order valence-electron chi connectivity index (χ2n) is 0.495. The molecule has 0 aromatic rings. The first-order valence-electron chi connectivity index (χ1n) is 0.873. The van der Waals surface area contributed by atoms with Gasteiger partial charge in [0.05, 0.1) is 0 Å². The van der Waals surface area contributed by atoms with Crippen LogP contribution in [0.5, 0.6) is 0 Å². The lowest BCUT2D eigenvalue weighted by Gasteiger charge is -1.94. The van der Waals surface area contributed by atoms with Crippen LogP contribution in [0.15, 0.2) is 0 Å². The van der Waals surface area contributed by atoms with Gasteiger partial charge in [-0.05, 0) is 0 Å². The van der Waals surface area contributed by atoms with Crippen molar-refractivity contribution in [3.63, 3.8) is 0 Å². The summed E-state index contributed by atoms with van der Waals surface area (Å²) >= 11 is 0. The van der Waals surface area contributed by atoms with Gasteiger partial charge in [-0.25, -0.2) is 0 Å². The Morgan fingerprint density at radius 2 is 0.833 bits per heavy atom. The summed E-state index contributed by atoms with van der Waals surface area (Å²) in [5.74, 6) is 0. The molecule has 6 heavy (non-hydrogen) atoms. The van der Waals surface area contributed by atoms with Crippen LogP contribution in [-0.2, 0) is 0 Å². The minimum Gasteiger partial charge on any atom is -0.418 e. The fourth-order valence-electron chi connectivity index (χ4n) is 0. The smallest absolute Gasteiger partial charge is 0.418 e. The van der Waals surface area contributed by atoms with Crippen molar-refractivity contribution >= 4 is 7.25 Å². The van der Waals surface area contributed by atoms with Gasteiger partial charge in [0, 0.05) is 7.43 Å². The zero-order valence-corrected chi connectivity index (χ0v) is 3.09. The van der Waals surface area contributed by atoms with Crippen molar-refractivity contribution in [1.82, 2.24) is 0 Å². The molecule has 0 spiro atoms. The molecule has 0 saturated carbocycles. The van der Waals surface area contributed by atoms with Crippen LogP contribution in [0, 0.1) is 7.43 Å². The predicted molar refractivity (Wildman–Crippen MR) is 16.6 cm³/mol. The van der Waals surface area contributed by atoms with Crippen molar-refractivity contribution in [1.29, 1.82) is 0 Å². The summed E-state index contributed by atoms with van der Waals surface area (Å²) in [5, 5.41) is 0. The van der Waals surface area contributed by atoms with Crippen LogP contribution in [0.2, 0.25) is 0 Å². The first kappa shape index (κ1) is 9.17. The van der Waals surface area contributed by atoms with E-state index in [-0.39, 0.29) is 7.43 Å². The molecule has 0 fully saturated rings. The zero-order chi connectivity index (χ0) is 4.50. The molecule has 0 amide bonds. The molecule has 5 heteroatoms. The monoisotopic (exact) mass is 102 g/mol. The molecular weight excluding hydrogens is 98.8 g/mol. The van der Waals surface area contributed by atoms with Crippen LogP contribution in [0.1, 0.15) is 0 Å². The summed E-state index contributed by atoms with van der Waals surface area (Å²) in [7, 11) is -6.00. The number of hydrogen-bond donors (Lipinski definition) is 0. The largest absolute Gasteiger partial charge is 0.673 e. The fraction of sp³-hybridized carbons (Fsp3) is 0. The highest BCUT2D eigenvalue weighted by Crippen LogP contribution is 2.06. The molecule has 0 unspecified atom stereocenters. The van der Waals surface area contributed by atoms with E-state index in [0.29, 0.717) is 0 Å². The maximum absolute atomic E-state index is 9.75. The average Bonchev–Trinajstić information content (AvgIpc) is 0.722. The highest BCUT2D eigenvalue weighted by Gasteiger charge is 2.20. The Bertz CT molecular complexity index is 23.0. The summed E-state index contributed by atoms with van der Waals surface area (Å²) in [6.45, 7) is 0. The maximum atomic E-state index is 9.75. The third kappa shape index (κ3) is 216. The molecule has 0 N–H and O–H groups in total. The summed E-state index contributed by atoms with van der Waals surface area (Å²) in [5.41, 5.74) is 0.